The standard InChI is InChI=1S/C43H68O18/c1-19-30(48)33(51)37(55)40(57-19)61-38-35(53)32(50)29(18-45)60-41(38)58-22-9-11-42(2)20(14-22)7-8-23-24(42)10-12-43(3)25(23)16-27(47)26(43)15-21(46)6-4-5-13-56-39-36(54)34(52)31(49)28(17-44)59-39/h7,19,22-26,28-41,44-45,48-55H,4-6,8-18H2,1-3H3/t19?,22?,23?,24-,25?,26?,28?,29?,30?,31?,32?,33?,34?,35?,36?,37?,38?,39?,40?,41?,42?,43?/m0/s1. The minimum atomic E-state index is -1.67. The van der Waals surface area contributed by atoms with Crippen molar-refractivity contribution in [3.63, 3.8) is 0 Å². The normalized spacial score (nSPS) is 50.0. The summed E-state index contributed by atoms with van der Waals surface area (Å²) < 4.78 is 34.9. The molecule has 0 aromatic heterocycles. The van der Waals surface area contributed by atoms with Crippen LogP contribution >= 0.6 is 0 Å². The Balaban J connectivity index is 0.939. The maximum atomic E-state index is 13.7. The van der Waals surface area contributed by atoms with Crippen LogP contribution in [0, 0.1) is 34.5 Å². The average Bonchev–Trinajstić information content (AvgIpc) is 3.49. The van der Waals surface area contributed by atoms with Crippen molar-refractivity contribution in [3.8, 4) is 0 Å². The number of ether oxygens (including phenoxy) is 6. The van der Waals surface area contributed by atoms with Gasteiger partial charge in [0.05, 0.1) is 25.4 Å². The van der Waals surface area contributed by atoms with E-state index in [1.807, 2.05) is 0 Å². The summed E-state index contributed by atoms with van der Waals surface area (Å²) in [6, 6.07) is 0. The minimum Gasteiger partial charge on any atom is -0.394 e. The van der Waals surface area contributed by atoms with Crippen LogP contribution in [0.1, 0.15) is 91.4 Å². The summed E-state index contributed by atoms with van der Waals surface area (Å²) in [5.41, 5.74) is 0.786. The fraction of sp³-hybridized carbons (Fsp3) is 0.907. The van der Waals surface area contributed by atoms with Crippen molar-refractivity contribution >= 4 is 11.6 Å². The number of aliphatic hydroxyl groups excluding tert-OH is 10. The molecule has 4 aliphatic carbocycles. The largest absolute Gasteiger partial charge is 0.394 e. The second kappa shape index (κ2) is 19.1. The molecule has 10 N–H and O–H groups in total. The predicted molar refractivity (Wildman–Crippen MR) is 209 cm³/mol. The van der Waals surface area contributed by atoms with Gasteiger partial charge >= 0.3 is 0 Å². The molecule has 0 amide bonds. The lowest BCUT2D eigenvalue weighted by Gasteiger charge is -2.58. The highest BCUT2D eigenvalue weighted by Crippen LogP contribution is 2.66. The summed E-state index contributed by atoms with van der Waals surface area (Å²) >= 11 is 0. The van der Waals surface area contributed by atoms with Gasteiger partial charge in [-0.1, -0.05) is 25.5 Å². The van der Waals surface area contributed by atoms with Gasteiger partial charge < -0.3 is 79.5 Å². The van der Waals surface area contributed by atoms with Crippen LogP contribution in [0.2, 0.25) is 0 Å². The van der Waals surface area contributed by atoms with Crippen molar-refractivity contribution in [2.24, 2.45) is 34.5 Å². The van der Waals surface area contributed by atoms with Crippen molar-refractivity contribution in [2.75, 3.05) is 19.8 Å². The van der Waals surface area contributed by atoms with Gasteiger partial charge in [0.25, 0.3) is 0 Å². The lowest BCUT2D eigenvalue weighted by atomic mass is 9.47. The molecule has 7 aliphatic rings. The summed E-state index contributed by atoms with van der Waals surface area (Å²) in [5, 5.41) is 102. The summed E-state index contributed by atoms with van der Waals surface area (Å²) in [4.78, 5) is 27.0. The van der Waals surface area contributed by atoms with Gasteiger partial charge in [0.2, 0.25) is 0 Å². The molecule has 6 fully saturated rings. The zero-order valence-electron chi connectivity index (χ0n) is 35.3. The molecule has 21 unspecified atom stereocenters. The number of fused-ring (bicyclic) bond motifs is 5. The van der Waals surface area contributed by atoms with Crippen molar-refractivity contribution in [1.29, 1.82) is 0 Å². The molecule has 3 heterocycles. The van der Waals surface area contributed by atoms with Gasteiger partial charge in [-0.25, -0.2) is 0 Å². The zero-order chi connectivity index (χ0) is 44.1. The highest BCUT2D eigenvalue weighted by molar-refractivity contribution is 5.90. The third-order valence-electron chi connectivity index (χ3n) is 15.8. The average molecular weight is 873 g/mol. The van der Waals surface area contributed by atoms with E-state index in [1.165, 1.54) is 12.5 Å². The van der Waals surface area contributed by atoms with E-state index in [-0.39, 0.29) is 65.7 Å². The molecule has 3 saturated heterocycles. The molecular formula is C43H68O18. The van der Waals surface area contributed by atoms with Crippen LogP contribution in [-0.4, -0.2) is 181 Å². The summed E-state index contributed by atoms with van der Waals surface area (Å²) in [6.45, 7) is 4.95. The molecule has 7 rings (SSSR count). The molecule has 0 aromatic rings. The van der Waals surface area contributed by atoms with Crippen LogP contribution in [0.25, 0.3) is 0 Å². The van der Waals surface area contributed by atoms with E-state index < -0.39 is 105 Å². The first kappa shape index (κ1) is 47.4. The van der Waals surface area contributed by atoms with E-state index in [0.29, 0.717) is 38.0 Å². The molecule has 22 atom stereocenters. The third-order valence-corrected chi connectivity index (χ3v) is 15.8. The highest BCUT2D eigenvalue weighted by Gasteiger charge is 2.61. The molecule has 0 aromatic carbocycles. The lowest BCUT2D eigenvalue weighted by Crippen LogP contribution is -2.64. The first-order chi connectivity index (χ1) is 28.9. The minimum absolute atomic E-state index is 0.0154. The number of hydrogen-bond donors (Lipinski definition) is 10. The SMILES string of the molecule is CC1OC(OC2C(OC3CCC4(C)C(=CCC5C6CC(=O)C(CC(=O)CCCCOC7OC(CO)C(O)C(O)C7O)C6(C)CC[C@@H]54)C3)OC(CO)C(O)C2O)C(O)C(O)C1O. The fourth-order valence-electron chi connectivity index (χ4n) is 11.9. The van der Waals surface area contributed by atoms with E-state index in [2.05, 4.69) is 19.9 Å². The second-order valence-corrected chi connectivity index (χ2v) is 19.3. The number of hydrogen-bond acceptors (Lipinski definition) is 18. The third kappa shape index (κ3) is 9.05. The van der Waals surface area contributed by atoms with E-state index in [0.717, 1.165) is 25.7 Å². The number of ketones is 2. The van der Waals surface area contributed by atoms with Crippen molar-refractivity contribution in [1.82, 2.24) is 0 Å². The van der Waals surface area contributed by atoms with Crippen molar-refractivity contribution in [2.45, 2.75) is 190 Å². The number of carbonyl (C=O) groups excluding carboxylic acids is 2. The number of rotatable bonds is 14. The molecule has 0 radical (unpaired) electrons. The molecular weight excluding hydrogens is 804 g/mol. The van der Waals surface area contributed by atoms with E-state index >= 15 is 0 Å². The number of allylic oxidation sites excluding steroid dienone is 1. The monoisotopic (exact) mass is 872 g/mol. The lowest BCUT2D eigenvalue weighted by molar-refractivity contribution is -0.369. The molecule has 348 valence electrons. The van der Waals surface area contributed by atoms with Gasteiger partial charge in [0.1, 0.15) is 78.7 Å². The van der Waals surface area contributed by atoms with Crippen LogP contribution in [0.5, 0.6) is 0 Å². The Hall–Kier alpha value is -1.56. The topological polar surface area (TPSA) is 292 Å². The van der Waals surface area contributed by atoms with Crippen molar-refractivity contribution in [3.05, 3.63) is 11.6 Å². The molecule has 3 saturated carbocycles. The van der Waals surface area contributed by atoms with Crippen LogP contribution in [-0.2, 0) is 38.0 Å². The van der Waals surface area contributed by atoms with Gasteiger partial charge in [-0.05, 0) is 86.9 Å². The fourth-order valence-corrected chi connectivity index (χ4v) is 11.9. The Morgan fingerprint density at radius 3 is 2.10 bits per heavy atom. The van der Waals surface area contributed by atoms with Crippen LogP contribution in [0.4, 0.5) is 0 Å². The van der Waals surface area contributed by atoms with Gasteiger partial charge in [-0.2, -0.15) is 0 Å². The van der Waals surface area contributed by atoms with E-state index in [1.54, 1.807) is 0 Å². The van der Waals surface area contributed by atoms with Crippen LogP contribution in [0.15, 0.2) is 11.6 Å². The Bertz CT molecular complexity index is 1560. The van der Waals surface area contributed by atoms with E-state index in [4.69, 9.17) is 28.4 Å². The first-order valence-electron chi connectivity index (χ1n) is 22.2. The molecule has 18 heteroatoms. The second-order valence-electron chi connectivity index (χ2n) is 19.3. The molecule has 3 aliphatic heterocycles. The van der Waals surface area contributed by atoms with Gasteiger partial charge in [0, 0.05) is 31.8 Å². The number of aliphatic hydroxyl groups is 10. The Morgan fingerprint density at radius 1 is 0.738 bits per heavy atom. The van der Waals surface area contributed by atoms with Gasteiger partial charge in [-0.3, -0.25) is 9.59 Å². The van der Waals surface area contributed by atoms with Gasteiger partial charge in [-0.15, -0.1) is 0 Å². The maximum Gasteiger partial charge on any atom is 0.187 e. The maximum absolute atomic E-state index is 13.7. The van der Waals surface area contributed by atoms with Crippen LogP contribution < -0.4 is 0 Å². The molecule has 18 nitrogen and oxygen atoms in total. The number of carbonyl (C=O) groups is 2. The predicted octanol–water partition coefficient (Wildman–Crippen LogP) is -1.27. The smallest absolute Gasteiger partial charge is 0.187 e. The highest BCUT2D eigenvalue weighted by atomic mass is 16.8. The number of unbranched alkanes of at least 4 members (excludes halogenated alkanes) is 1. The number of Topliss-reactive ketones (excluding diaryl/α,β-unsaturated/α-hetero) is 2. The summed E-state index contributed by atoms with van der Waals surface area (Å²) in [6.07, 6.45) is -12.5. The molecule has 0 bridgehead atoms. The zero-order valence-corrected chi connectivity index (χ0v) is 35.3. The van der Waals surface area contributed by atoms with Gasteiger partial charge in [0.15, 0.2) is 18.9 Å². The summed E-state index contributed by atoms with van der Waals surface area (Å²) in [5.74, 6) is 0.550. The summed E-state index contributed by atoms with van der Waals surface area (Å²) in [7, 11) is 0. The quantitative estimate of drug-likeness (QED) is 0.0719. The van der Waals surface area contributed by atoms with Crippen molar-refractivity contribution < 1.29 is 89.1 Å². The van der Waals surface area contributed by atoms with E-state index in [9.17, 15) is 60.7 Å². The Kier molecular flexibility index (Phi) is 14.9. The Morgan fingerprint density at radius 2 is 1.39 bits per heavy atom. The Labute approximate surface area is 355 Å². The molecule has 0 spiro atoms. The molecule has 61 heavy (non-hydrogen) atoms. The first-order valence-corrected chi connectivity index (χ1v) is 22.2. The van der Waals surface area contributed by atoms with Crippen LogP contribution in [0.3, 0.4) is 0 Å².